The highest BCUT2D eigenvalue weighted by atomic mass is 32.2. The molecule has 8 heteroatoms. The molecular weight excluding hydrogens is 312 g/mol. The maximum atomic E-state index is 12.7. The van der Waals surface area contributed by atoms with Gasteiger partial charge in [-0.1, -0.05) is 6.92 Å². The van der Waals surface area contributed by atoms with Crippen molar-refractivity contribution < 1.29 is 16.8 Å². The molecular formula is C13H20N2O4S2. The molecule has 1 aromatic carbocycles. The van der Waals surface area contributed by atoms with Gasteiger partial charge in [0, 0.05) is 26.4 Å². The van der Waals surface area contributed by atoms with Crippen molar-refractivity contribution in [1.29, 1.82) is 0 Å². The molecule has 21 heavy (non-hydrogen) atoms. The van der Waals surface area contributed by atoms with Gasteiger partial charge in [0.2, 0.25) is 10.0 Å². The molecule has 1 N–H and O–H groups in total. The van der Waals surface area contributed by atoms with Gasteiger partial charge in [-0.05, 0) is 30.5 Å². The molecule has 0 spiro atoms. The third-order valence-corrected chi connectivity index (χ3v) is 6.67. The second-order valence-electron chi connectivity index (χ2n) is 5.44. The van der Waals surface area contributed by atoms with E-state index in [1.54, 1.807) is 7.05 Å². The summed E-state index contributed by atoms with van der Waals surface area (Å²) in [5.41, 5.74) is 0.405. The number of sulfonamides is 1. The van der Waals surface area contributed by atoms with Crippen molar-refractivity contribution in [3.8, 4) is 0 Å². The Labute approximate surface area is 126 Å². The molecule has 0 aromatic heterocycles. The summed E-state index contributed by atoms with van der Waals surface area (Å²) in [7, 11) is -5.53. The molecule has 0 amide bonds. The molecule has 1 heterocycles. The van der Waals surface area contributed by atoms with Crippen molar-refractivity contribution in [2.45, 2.75) is 23.1 Å². The normalized spacial score (nSPS) is 20.6. The molecule has 1 aliphatic heterocycles. The van der Waals surface area contributed by atoms with Crippen LogP contribution in [0.25, 0.3) is 0 Å². The van der Waals surface area contributed by atoms with Crippen LogP contribution in [0, 0.1) is 5.92 Å². The van der Waals surface area contributed by atoms with Crippen LogP contribution < -0.4 is 5.32 Å². The van der Waals surface area contributed by atoms with Gasteiger partial charge in [0.25, 0.3) is 0 Å². The maximum absolute atomic E-state index is 12.7. The van der Waals surface area contributed by atoms with Gasteiger partial charge in [0.1, 0.15) is 4.90 Å². The number of nitrogens with zero attached hydrogens (tertiary/aromatic N) is 1. The molecule has 1 saturated heterocycles. The fourth-order valence-electron chi connectivity index (χ4n) is 2.41. The first-order valence-corrected chi connectivity index (χ1v) is 10.0. The van der Waals surface area contributed by atoms with Crippen LogP contribution in [-0.2, 0) is 19.9 Å². The zero-order chi connectivity index (χ0) is 15.8. The van der Waals surface area contributed by atoms with Crippen LogP contribution in [0.15, 0.2) is 28.0 Å². The predicted octanol–water partition coefficient (Wildman–Crippen LogP) is 1.16. The maximum Gasteiger partial charge on any atom is 0.245 e. The minimum atomic E-state index is -3.69. The molecule has 1 fully saturated rings. The van der Waals surface area contributed by atoms with Crippen molar-refractivity contribution in [2.75, 3.05) is 31.7 Å². The Morgan fingerprint density at radius 2 is 1.90 bits per heavy atom. The lowest BCUT2D eigenvalue weighted by Crippen LogP contribution is -2.29. The number of anilines is 1. The van der Waals surface area contributed by atoms with E-state index in [2.05, 4.69) is 5.32 Å². The molecule has 0 saturated carbocycles. The van der Waals surface area contributed by atoms with Crippen molar-refractivity contribution in [3.05, 3.63) is 18.2 Å². The highest BCUT2D eigenvalue weighted by Gasteiger charge is 2.32. The SMILES string of the molecule is CNc1ccc(S(C)(=O)=O)cc1S(=O)(=O)N1CCC(C)C1. The fraction of sp³-hybridized carbons (Fsp3) is 0.538. The van der Waals surface area contributed by atoms with Crippen molar-refractivity contribution in [1.82, 2.24) is 4.31 Å². The molecule has 0 bridgehead atoms. The summed E-state index contributed by atoms with van der Waals surface area (Å²) < 4.78 is 50.2. The molecule has 1 atom stereocenters. The second kappa shape index (κ2) is 5.58. The Kier molecular flexibility index (Phi) is 4.32. The Balaban J connectivity index is 2.55. The van der Waals surface area contributed by atoms with E-state index >= 15 is 0 Å². The van der Waals surface area contributed by atoms with E-state index in [0.29, 0.717) is 24.7 Å². The lowest BCUT2D eigenvalue weighted by molar-refractivity contribution is 0.464. The Morgan fingerprint density at radius 1 is 1.24 bits per heavy atom. The first-order valence-electron chi connectivity index (χ1n) is 6.68. The van der Waals surface area contributed by atoms with Gasteiger partial charge >= 0.3 is 0 Å². The standard InChI is InChI=1S/C13H20N2O4S2/c1-10-6-7-15(9-10)21(18,19)13-8-11(20(3,16)17)4-5-12(13)14-2/h4-5,8,10,14H,6-7,9H2,1-3H3. The number of benzene rings is 1. The molecule has 1 unspecified atom stereocenters. The molecule has 0 radical (unpaired) electrons. The van der Waals surface area contributed by atoms with Gasteiger partial charge in [0.05, 0.1) is 10.6 Å². The highest BCUT2D eigenvalue weighted by molar-refractivity contribution is 7.91. The lowest BCUT2D eigenvalue weighted by Gasteiger charge is -2.19. The number of hydrogen-bond acceptors (Lipinski definition) is 5. The number of hydrogen-bond donors (Lipinski definition) is 1. The molecule has 1 aromatic rings. The van der Waals surface area contributed by atoms with E-state index in [1.165, 1.54) is 22.5 Å². The lowest BCUT2D eigenvalue weighted by atomic mass is 10.2. The Hall–Kier alpha value is -1.12. The van der Waals surface area contributed by atoms with Gasteiger partial charge in [-0.15, -0.1) is 0 Å². The van der Waals surface area contributed by atoms with E-state index in [4.69, 9.17) is 0 Å². The summed E-state index contributed by atoms with van der Waals surface area (Å²) >= 11 is 0. The third kappa shape index (κ3) is 3.22. The zero-order valence-corrected chi connectivity index (χ0v) is 14.0. The molecule has 2 rings (SSSR count). The fourth-order valence-corrected chi connectivity index (χ4v) is 4.93. The van der Waals surface area contributed by atoms with E-state index < -0.39 is 19.9 Å². The minimum Gasteiger partial charge on any atom is -0.387 e. The molecule has 118 valence electrons. The summed E-state index contributed by atoms with van der Waals surface area (Å²) in [6, 6.07) is 4.13. The first-order chi connectivity index (χ1) is 9.66. The minimum absolute atomic E-state index is 0.00678. The largest absolute Gasteiger partial charge is 0.387 e. The van der Waals surface area contributed by atoms with Crippen LogP contribution in [-0.4, -0.2) is 47.5 Å². The van der Waals surface area contributed by atoms with Gasteiger partial charge in [0.15, 0.2) is 9.84 Å². The van der Waals surface area contributed by atoms with E-state index in [1.807, 2.05) is 6.92 Å². The molecule has 6 nitrogen and oxygen atoms in total. The van der Waals surface area contributed by atoms with Crippen LogP contribution >= 0.6 is 0 Å². The monoisotopic (exact) mass is 332 g/mol. The van der Waals surface area contributed by atoms with Crippen LogP contribution in [0.5, 0.6) is 0 Å². The average Bonchev–Trinajstić information content (AvgIpc) is 2.84. The summed E-state index contributed by atoms with van der Waals surface area (Å²) in [6.45, 7) is 2.94. The van der Waals surface area contributed by atoms with Gasteiger partial charge < -0.3 is 5.32 Å². The van der Waals surface area contributed by atoms with Crippen LogP contribution in [0.4, 0.5) is 5.69 Å². The summed E-state index contributed by atoms with van der Waals surface area (Å²) in [4.78, 5) is 0.0225. The molecule has 0 aliphatic carbocycles. The van der Waals surface area contributed by atoms with Gasteiger partial charge in [-0.25, -0.2) is 16.8 Å². The number of rotatable bonds is 4. The summed E-state index contributed by atoms with van der Waals surface area (Å²) in [6.07, 6.45) is 1.88. The van der Waals surface area contributed by atoms with Crippen molar-refractivity contribution in [3.63, 3.8) is 0 Å². The predicted molar refractivity (Wildman–Crippen MR) is 81.6 cm³/mol. The van der Waals surface area contributed by atoms with Crippen LogP contribution in [0.1, 0.15) is 13.3 Å². The zero-order valence-electron chi connectivity index (χ0n) is 12.3. The highest BCUT2D eigenvalue weighted by Crippen LogP contribution is 2.30. The summed E-state index contributed by atoms with van der Waals surface area (Å²) in [5.74, 6) is 0.316. The van der Waals surface area contributed by atoms with Crippen molar-refractivity contribution in [2.24, 2.45) is 5.92 Å². The van der Waals surface area contributed by atoms with Gasteiger partial charge in [-0.2, -0.15) is 4.31 Å². The van der Waals surface area contributed by atoms with Crippen LogP contribution in [0.2, 0.25) is 0 Å². The van der Waals surface area contributed by atoms with Crippen molar-refractivity contribution >= 4 is 25.5 Å². The Bertz CT molecular complexity index is 741. The smallest absolute Gasteiger partial charge is 0.245 e. The Morgan fingerprint density at radius 3 is 2.38 bits per heavy atom. The topological polar surface area (TPSA) is 83.5 Å². The van der Waals surface area contributed by atoms with Crippen LogP contribution in [0.3, 0.4) is 0 Å². The number of sulfone groups is 1. The van der Waals surface area contributed by atoms with E-state index in [0.717, 1.165) is 12.7 Å². The van der Waals surface area contributed by atoms with E-state index in [-0.39, 0.29) is 9.79 Å². The average molecular weight is 332 g/mol. The molecule has 1 aliphatic rings. The number of nitrogens with one attached hydrogen (secondary N) is 1. The van der Waals surface area contributed by atoms with Gasteiger partial charge in [-0.3, -0.25) is 0 Å². The third-order valence-electron chi connectivity index (χ3n) is 3.66. The second-order valence-corrected chi connectivity index (χ2v) is 9.36. The van der Waals surface area contributed by atoms with E-state index in [9.17, 15) is 16.8 Å². The quantitative estimate of drug-likeness (QED) is 0.894. The summed E-state index contributed by atoms with van der Waals surface area (Å²) in [5, 5.41) is 2.81. The first kappa shape index (κ1) is 16.3.